The average molecular weight is 266 g/mol. The Hall–Kier alpha value is -0.540. The van der Waals surface area contributed by atoms with E-state index in [9.17, 15) is 0 Å². The minimum Gasteiger partial charge on any atom is -0.310 e. The Morgan fingerprint density at radius 2 is 2.11 bits per heavy atom. The largest absolute Gasteiger partial charge is 0.310 e. The van der Waals surface area contributed by atoms with Crippen LogP contribution in [-0.2, 0) is 0 Å². The summed E-state index contributed by atoms with van der Waals surface area (Å²) in [6.07, 6.45) is 4.34. The van der Waals surface area contributed by atoms with E-state index in [0.29, 0.717) is 6.04 Å². The Morgan fingerprint density at radius 1 is 1.33 bits per heavy atom. The predicted octanol–water partition coefficient (Wildman–Crippen LogP) is 4.28. The first-order valence-electron chi connectivity index (χ1n) is 6.99. The van der Waals surface area contributed by atoms with Crippen LogP contribution in [-0.4, -0.2) is 17.3 Å². The number of aromatic nitrogens is 1. The molecular formula is C15H26N2S. The second-order valence-corrected chi connectivity index (χ2v) is 5.97. The van der Waals surface area contributed by atoms with Gasteiger partial charge < -0.3 is 5.32 Å². The molecule has 3 heteroatoms. The molecule has 0 aliphatic heterocycles. The SMILES string of the molecule is CCCNC(C)c1ccnc(SCC(C)CC)c1. The highest BCUT2D eigenvalue weighted by Gasteiger charge is 2.07. The third-order valence-corrected chi connectivity index (χ3v) is 4.43. The van der Waals surface area contributed by atoms with Crippen LogP contribution in [0.2, 0.25) is 0 Å². The molecule has 1 aromatic rings. The van der Waals surface area contributed by atoms with Crippen LogP contribution in [0.25, 0.3) is 0 Å². The molecule has 2 nitrogen and oxygen atoms in total. The number of nitrogens with one attached hydrogen (secondary N) is 1. The normalized spacial score (nSPS) is 14.4. The van der Waals surface area contributed by atoms with Crippen molar-refractivity contribution in [2.45, 2.75) is 51.6 Å². The first-order valence-corrected chi connectivity index (χ1v) is 7.98. The molecule has 18 heavy (non-hydrogen) atoms. The van der Waals surface area contributed by atoms with Gasteiger partial charge in [-0.3, -0.25) is 0 Å². The first-order chi connectivity index (χ1) is 8.67. The molecule has 1 heterocycles. The fraction of sp³-hybridized carbons (Fsp3) is 0.667. The highest BCUT2D eigenvalue weighted by Crippen LogP contribution is 2.22. The van der Waals surface area contributed by atoms with Crippen molar-refractivity contribution >= 4 is 11.8 Å². The zero-order valence-electron chi connectivity index (χ0n) is 12.1. The van der Waals surface area contributed by atoms with Crippen LogP contribution in [0, 0.1) is 5.92 Å². The van der Waals surface area contributed by atoms with E-state index in [2.05, 4.69) is 50.1 Å². The van der Waals surface area contributed by atoms with Gasteiger partial charge in [-0.25, -0.2) is 4.98 Å². The van der Waals surface area contributed by atoms with E-state index in [1.807, 2.05) is 18.0 Å². The molecule has 0 aliphatic carbocycles. The fourth-order valence-electron chi connectivity index (χ4n) is 1.60. The summed E-state index contributed by atoms with van der Waals surface area (Å²) < 4.78 is 0. The van der Waals surface area contributed by atoms with E-state index in [4.69, 9.17) is 0 Å². The number of thioether (sulfide) groups is 1. The molecule has 0 aromatic carbocycles. The molecule has 1 N–H and O–H groups in total. The van der Waals surface area contributed by atoms with Crippen LogP contribution in [0.4, 0.5) is 0 Å². The molecule has 1 rings (SSSR count). The summed E-state index contributed by atoms with van der Waals surface area (Å²) in [6.45, 7) is 10.0. The summed E-state index contributed by atoms with van der Waals surface area (Å²) in [6, 6.07) is 4.75. The van der Waals surface area contributed by atoms with Crippen LogP contribution in [0.5, 0.6) is 0 Å². The summed E-state index contributed by atoms with van der Waals surface area (Å²) in [5.74, 6) is 1.92. The molecule has 0 aliphatic rings. The van der Waals surface area contributed by atoms with Crippen molar-refractivity contribution in [3.8, 4) is 0 Å². The third-order valence-electron chi connectivity index (χ3n) is 3.17. The second-order valence-electron chi connectivity index (χ2n) is 4.93. The van der Waals surface area contributed by atoms with Crippen molar-refractivity contribution in [3.63, 3.8) is 0 Å². The third kappa shape index (κ3) is 5.40. The lowest BCUT2D eigenvalue weighted by atomic mass is 10.1. The molecule has 0 saturated heterocycles. The number of nitrogens with zero attached hydrogens (tertiary/aromatic N) is 1. The van der Waals surface area contributed by atoms with Crippen LogP contribution in [0.1, 0.15) is 52.1 Å². The van der Waals surface area contributed by atoms with Gasteiger partial charge in [-0.15, -0.1) is 11.8 Å². The lowest BCUT2D eigenvalue weighted by Crippen LogP contribution is -2.19. The van der Waals surface area contributed by atoms with Gasteiger partial charge in [0.25, 0.3) is 0 Å². The zero-order chi connectivity index (χ0) is 13.4. The van der Waals surface area contributed by atoms with E-state index in [0.717, 1.165) is 23.2 Å². The molecule has 1 aromatic heterocycles. The van der Waals surface area contributed by atoms with Crippen molar-refractivity contribution in [3.05, 3.63) is 23.9 Å². The van der Waals surface area contributed by atoms with Crippen LogP contribution < -0.4 is 5.32 Å². The van der Waals surface area contributed by atoms with Gasteiger partial charge in [0.2, 0.25) is 0 Å². The van der Waals surface area contributed by atoms with Crippen LogP contribution in [0.3, 0.4) is 0 Å². The molecule has 0 bridgehead atoms. The molecule has 102 valence electrons. The van der Waals surface area contributed by atoms with Gasteiger partial charge in [0.1, 0.15) is 0 Å². The highest BCUT2D eigenvalue weighted by molar-refractivity contribution is 7.99. The summed E-state index contributed by atoms with van der Waals surface area (Å²) in [4.78, 5) is 4.44. The summed E-state index contributed by atoms with van der Waals surface area (Å²) >= 11 is 1.87. The van der Waals surface area contributed by atoms with E-state index >= 15 is 0 Å². The highest BCUT2D eigenvalue weighted by atomic mass is 32.2. The Bertz CT molecular complexity index is 341. The fourth-order valence-corrected chi connectivity index (χ4v) is 2.64. The minimum atomic E-state index is 0.413. The monoisotopic (exact) mass is 266 g/mol. The predicted molar refractivity (Wildman–Crippen MR) is 81.1 cm³/mol. The van der Waals surface area contributed by atoms with Gasteiger partial charge in [-0.05, 0) is 43.5 Å². The summed E-state index contributed by atoms with van der Waals surface area (Å²) in [5, 5.41) is 4.67. The van der Waals surface area contributed by atoms with Crippen LogP contribution in [0.15, 0.2) is 23.4 Å². The second kappa shape index (κ2) is 8.54. The van der Waals surface area contributed by atoms with Crippen LogP contribution >= 0.6 is 11.8 Å². The van der Waals surface area contributed by atoms with Gasteiger partial charge in [0, 0.05) is 18.0 Å². The molecule has 0 radical (unpaired) electrons. The average Bonchev–Trinajstić information content (AvgIpc) is 2.42. The quantitative estimate of drug-likeness (QED) is 0.711. The summed E-state index contributed by atoms with van der Waals surface area (Å²) in [7, 11) is 0. The minimum absolute atomic E-state index is 0.413. The molecule has 0 saturated carbocycles. The Balaban J connectivity index is 2.55. The maximum Gasteiger partial charge on any atom is 0.0963 e. The summed E-state index contributed by atoms with van der Waals surface area (Å²) in [5.41, 5.74) is 1.34. The van der Waals surface area contributed by atoms with Crippen molar-refractivity contribution in [2.24, 2.45) is 5.92 Å². The van der Waals surface area contributed by atoms with Gasteiger partial charge in [-0.1, -0.05) is 27.2 Å². The lowest BCUT2D eigenvalue weighted by Gasteiger charge is -2.14. The number of rotatable bonds is 8. The smallest absolute Gasteiger partial charge is 0.0963 e. The van der Waals surface area contributed by atoms with E-state index in [1.165, 1.54) is 18.4 Å². The van der Waals surface area contributed by atoms with Gasteiger partial charge in [-0.2, -0.15) is 0 Å². The Morgan fingerprint density at radius 3 is 2.78 bits per heavy atom. The number of hydrogen-bond acceptors (Lipinski definition) is 3. The van der Waals surface area contributed by atoms with Crippen molar-refractivity contribution in [1.82, 2.24) is 10.3 Å². The molecule has 0 fully saturated rings. The molecule has 2 atom stereocenters. The first kappa shape index (κ1) is 15.5. The lowest BCUT2D eigenvalue weighted by molar-refractivity contribution is 0.569. The van der Waals surface area contributed by atoms with E-state index in [-0.39, 0.29) is 0 Å². The van der Waals surface area contributed by atoms with E-state index in [1.54, 1.807) is 0 Å². The molecular weight excluding hydrogens is 240 g/mol. The zero-order valence-corrected chi connectivity index (χ0v) is 12.9. The Kier molecular flexibility index (Phi) is 7.36. The standard InChI is InChI=1S/C15H26N2S/c1-5-8-16-13(4)14-7-9-17-15(10-14)18-11-12(3)6-2/h7,9-10,12-13,16H,5-6,8,11H2,1-4H3. The maximum absolute atomic E-state index is 4.44. The van der Waals surface area contributed by atoms with Crippen molar-refractivity contribution in [1.29, 1.82) is 0 Å². The number of hydrogen-bond donors (Lipinski definition) is 1. The van der Waals surface area contributed by atoms with Crippen molar-refractivity contribution in [2.75, 3.05) is 12.3 Å². The molecule has 0 spiro atoms. The van der Waals surface area contributed by atoms with Gasteiger partial charge in [0.15, 0.2) is 0 Å². The topological polar surface area (TPSA) is 24.9 Å². The number of pyridine rings is 1. The molecule has 2 unspecified atom stereocenters. The van der Waals surface area contributed by atoms with E-state index < -0.39 is 0 Å². The van der Waals surface area contributed by atoms with Crippen molar-refractivity contribution < 1.29 is 0 Å². The Labute approximate surface area is 116 Å². The molecule has 0 amide bonds. The van der Waals surface area contributed by atoms with Gasteiger partial charge in [0.05, 0.1) is 5.03 Å². The maximum atomic E-state index is 4.44. The van der Waals surface area contributed by atoms with Gasteiger partial charge >= 0.3 is 0 Å².